The normalized spacial score (nSPS) is 18.9. The van der Waals surface area contributed by atoms with Gasteiger partial charge in [0, 0.05) is 41.3 Å². The van der Waals surface area contributed by atoms with E-state index in [1.807, 2.05) is 18.2 Å². The maximum absolute atomic E-state index is 12.4. The lowest BCUT2D eigenvalue weighted by Crippen LogP contribution is -2.39. The molecule has 1 atom stereocenters. The number of likely N-dealkylation sites (tertiary alicyclic amines) is 1. The topological polar surface area (TPSA) is 48.1 Å². The molecule has 1 aromatic carbocycles. The number of carbonyl (C=O) groups excluding carboxylic acids is 1. The van der Waals surface area contributed by atoms with E-state index in [0.29, 0.717) is 6.04 Å². The van der Waals surface area contributed by atoms with Gasteiger partial charge in [0.15, 0.2) is 0 Å². The molecule has 0 saturated carbocycles. The first-order valence-electron chi connectivity index (χ1n) is 9.17. The molecule has 0 radical (unpaired) electrons. The van der Waals surface area contributed by atoms with Gasteiger partial charge in [-0.05, 0) is 70.3 Å². The van der Waals surface area contributed by atoms with Crippen molar-refractivity contribution >= 4 is 16.8 Å². The SMILES string of the molecule is Cc1[nH]c2ccc(C(=O)NCCCN3CCCC[C@@H]3C)cc2c1C. The Hall–Kier alpha value is -1.81. The number of piperidine rings is 1. The Labute approximate surface area is 144 Å². The smallest absolute Gasteiger partial charge is 0.251 e. The Balaban J connectivity index is 1.52. The van der Waals surface area contributed by atoms with Crippen LogP contribution in [0.2, 0.25) is 0 Å². The Morgan fingerprint density at radius 1 is 1.33 bits per heavy atom. The number of hydrogen-bond acceptors (Lipinski definition) is 2. The number of aromatic amines is 1. The highest BCUT2D eigenvalue weighted by molar-refractivity contribution is 5.99. The van der Waals surface area contributed by atoms with E-state index in [9.17, 15) is 4.79 Å². The summed E-state index contributed by atoms with van der Waals surface area (Å²) in [6.07, 6.45) is 4.99. The Kier molecular flexibility index (Phi) is 5.24. The molecule has 130 valence electrons. The molecule has 1 saturated heterocycles. The number of aromatic nitrogens is 1. The molecule has 2 aromatic rings. The molecule has 1 aromatic heterocycles. The third-order valence-electron chi connectivity index (χ3n) is 5.42. The molecule has 1 aliphatic rings. The molecule has 0 bridgehead atoms. The van der Waals surface area contributed by atoms with Gasteiger partial charge in [-0.3, -0.25) is 4.79 Å². The molecular weight excluding hydrogens is 298 g/mol. The van der Waals surface area contributed by atoms with E-state index in [1.54, 1.807) is 0 Å². The fraction of sp³-hybridized carbons (Fsp3) is 0.550. The molecule has 1 fully saturated rings. The van der Waals surface area contributed by atoms with Crippen LogP contribution in [0.1, 0.15) is 54.2 Å². The zero-order chi connectivity index (χ0) is 17.1. The minimum atomic E-state index is 0.0295. The van der Waals surface area contributed by atoms with Crippen molar-refractivity contribution in [1.82, 2.24) is 15.2 Å². The molecule has 24 heavy (non-hydrogen) atoms. The fourth-order valence-corrected chi connectivity index (χ4v) is 3.68. The molecule has 4 heteroatoms. The Bertz CT molecular complexity index is 719. The summed E-state index contributed by atoms with van der Waals surface area (Å²) in [5.74, 6) is 0.0295. The van der Waals surface area contributed by atoms with E-state index >= 15 is 0 Å². The first kappa shape index (κ1) is 17.0. The molecule has 0 aliphatic carbocycles. The van der Waals surface area contributed by atoms with Crippen LogP contribution < -0.4 is 5.32 Å². The quantitative estimate of drug-likeness (QED) is 0.821. The number of amides is 1. The van der Waals surface area contributed by atoms with Crippen molar-refractivity contribution in [2.75, 3.05) is 19.6 Å². The van der Waals surface area contributed by atoms with Crippen LogP contribution >= 0.6 is 0 Å². The lowest BCUT2D eigenvalue weighted by atomic mass is 10.0. The average Bonchev–Trinajstić information content (AvgIpc) is 2.87. The summed E-state index contributed by atoms with van der Waals surface area (Å²) in [7, 11) is 0. The summed E-state index contributed by atoms with van der Waals surface area (Å²) in [5, 5.41) is 4.21. The number of nitrogens with one attached hydrogen (secondary N) is 2. The van der Waals surface area contributed by atoms with E-state index < -0.39 is 0 Å². The standard InChI is InChI=1S/C20H29N3O/c1-14-7-4-5-11-23(14)12-6-10-21-20(24)17-8-9-19-18(13-17)15(2)16(3)22-19/h8-9,13-14,22H,4-7,10-12H2,1-3H3,(H,21,24)/t14-/m0/s1. The van der Waals surface area contributed by atoms with Gasteiger partial charge in [-0.2, -0.15) is 0 Å². The Morgan fingerprint density at radius 2 is 2.17 bits per heavy atom. The third-order valence-corrected chi connectivity index (χ3v) is 5.42. The lowest BCUT2D eigenvalue weighted by molar-refractivity contribution is 0.0949. The summed E-state index contributed by atoms with van der Waals surface area (Å²) in [6.45, 7) is 9.50. The Morgan fingerprint density at radius 3 is 2.96 bits per heavy atom. The maximum atomic E-state index is 12.4. The van der Waals surface area contributed by atoms with Crippen molar-refractivity contribution in [3.8, 4) is 0 Å². The van der Waals surface area contributed by atoms with Gasteiger partial charge in [-0.15, -0.1) is 0 Å². The summed E-state index contributed by atoms with van der Waals surface area (Å²) >= 11 is 0. The molecule has 2 heterocycles. The van der Waals surface area contributed by atoms with Gasteiger partial charge < -0.3 is 15.2 Å². The third kappa shape index (κ3) is 3.64. The fourth-order valence-electron chi connectivity index (χ4n) is 3.68. The zero-order valence-corrected chi connectivity index (χ0v) is 15.1. The molecule has 3 rings (SSSR count). The van der Waals surface area contributed by atoms with Crippen molar-refractivity contribution in [3.05, 3.63) is 35.0 Å². The number of aryl methyl sites for hydroxylation is 2. The van der Waals surface area contributed by atoms with E-state index in [2.05, 4.69) is 36.0 Å². The van der Waals surface area contributed by atoms with Gasteiger partial charge in [-0.25, -0.2) is 0 Å². The van der Waals surface area contributed by atoms with Crippen LogP contribution in [0, 0.1) is 13.8 Å². The van der Waals surface area contributed by atoms with Crippen molar-refractivity contribution in [2.24, 2.45) is 0 Å². The average molecular weight is 327 g/mol. The highest BCUT2D eigenvalue weighted by Gasteiger charge is 2.17. The number of nitrogens with zero attached hydrogens (tertiary/aromatic N) is 1. The summed E-state index contributed by atoms with van der Waals surface area (Å²) < 4.78 is 0. The minimum Gasteiger partial charge on any atom is -0.358 e. The molecular formula is C20H29N3O. The number of H-pyrrole nitrogens is 1. The predicted molar refractivity (Wildman–Crippen MR) is 99.6 cm³/mol. The maximum Gasteiger partial charge on any atom is 0.251 e. The van der Waals surface area contributed by atoms with Crippen LogP contribution in [-0.2, 0) is 0 Å². The molecule has 1 amide bonds. The lowest BCUT2D eigenvalue weighted by Gasteiger charge is -2.33. The molecule has 2 N–H and O–H groups in total. The second-order valence-electron chi connectivity index (χ2n) is 7.13. The van der Waals surface area contributed by atoms with Crippen LogP contribution in [0.5, 0.6) is 0 Å². The van der Waals surface area contributed by atoms with Gasteiger partial charge in [0.2, 0.25) is 0 Å². The monoisotopic (exact) mass is 327 g/mol. The number of hydrogen-bond donors (Lipinski definition) is 2. The van der Waals surface area contributed by atoms with Crippen LogP contribution in [0.4, 0.5) is 0 Å². The highest BCUT2D eigenvalue weighted by atomic mass is 16.1. The molecule has 0 spiro atoms. The van der Waals surface area contributed by atoms with Crippen molar-refractivity contribution in [2.45, 2.75) is 52.5 Å². The van der Waals surface area contributed by atoms with Gasteiger partial charge >= 0.3 is 0 Å². The summed E-state index contributed by atoms with van der Waals surface area (Å²) in [4.78, 5) is 18.3. The second-order valence-corrected chi connectivity index (χ2v) is 7.13. The van der Waals surface area contributed by atoms with Gasteiger partial charge in [0.05, 0.1) is 0 Å². The number of rotatable bonds is 5. The van der Waals surface area contributed by atoms with Crippen LogP contribution in [0.15, 0.2) is 18.2 Å². The summed E-state index contributed by atoms with van der Waals surface area (Å²) in [5.41, 5.74) is 4.23. The number of fused-ring (bicyclic) bond motifs is 1. The van der Waals surface area contributed by atoms with Crippen molar-refractivity contribution < 1.29 is 4.79 Å². The number of benzene rings is 1. The van der Waals surface area contributed by atoms with Gasteiger partial charge in [0.25, 0.3) is 5.91 Å². The van der Waals surface area contributed by atoms with Gasteiger partial charge in [-0.1, -0.05) is 6.42 Å². The van der Waals surface area contributed by atoms with Crippen LogP contribution in [0.3, 0.4) is 0 Å². The number of carbonyl (C=O) groups is 1. The van der Waals surface area contributed by atoms with Crippen LogP contribution in [-0.4, -0.2) is 41.5 Å². The first-order chi connectivity index (χ1) is 11.6. The largest absolute Gasteiger partial charge is 0.358 e. The molecule has 4 nitrogen and oxygen atoms in total. The molecule has 0 unspecified atom stereocenters. The first-order valence-corrected chi connectivity index (χ1v) is 9.17. The zero-order valence-electron chi connectivity index (χ0n) is 15.1. The van der Waals surface area contributed by atoms with Gasteiger partial charge in [0.1, 0.15) is 0 Å². The van der Waals surface area contributed by atoms with E-state index in [-0.39, 0.29) is 5.91 Å². The van der Waals surface area contributed by atoms with Crippen molar-refractivity contribution in [1.29, 1.82) is 0 Å². The van der Waals surface area contributed by atoms with E-state index in [1.165, 1.54) is 37.1 Å². The molecule has 1 aliphatic heterocycles. The highest BCUT2D eigenvalue weighted by Crippen LogP contribution is 2.22. The minimum absolute atomic E-state index is 0.0295. The van der Waals surface area contributed by atoms with E-state index in [0.717, 1.165) is 36.0 Å². The van der Waals surface area contributed by atoms with Crippen LogP contribution in [0.25, 0.3) is 10.9 Å². The predicted octanol–water partition coefficient (Wildman–Crippen LogP) is 3.78. The second kappa shape index (κ2) is 7.39. The summed E-state index contributed by atoms with van der Waals surface area (Å²) in [6, 6.07) is 6.59. The van der Waals surface area contributed by atoms with E-state index in [4.69, 9.17) is 0 Å². The van der Waals surface area contributed by atoms with Crippen molar-refractivity contribution in [3.63, 3.8) is 0 Å².